The molecule has 158 valence electrons. The van der Waals surface area contributed by atoms with Crippen LogP contribution in [0.1, 0.15) is 11.3 Å². The van der Waals surface area contributed by atoms with Gasteiger partial charge in [-0.1, -0.05) is 23.7 Å². The van der Waals surface area contributed by atoms with Crippen molar-refractivity contribution >= 4 is 28.3 Å². The fraction of sp³-hybridized carbons (Fsp3) is 0.261. The van der Waals surface area contributed by atoms with Gasteiger partial charge in [-0.15, -0.1) is 0 Å². The predicted molar refractivity (Wildman–Crippen MR) is 121 cm³/mol. The SMILES string of the molecule is Clc1cccc(COc2cncc(N3CCN(Cc4cc5cc[nH]c5cn4)CC3)n2)c1. The van der Waals surface area contributed by atoms with Gasteiger partial charge in [-0.2, -0.15) is 4.98 Å². The number of piperazine rings is 1. The molecule has 31 heavy (non-hydrogen) atoms. The number of aromatic nitrogens is 4. The molecule has 0 atom stereocenters. The van der Waals surface area contributed by atoms with E-state index < -0.39 is 0 Å². The smallest absolute Gasteiger partial charge is 0.234 e. The Morgan fingerprint density at radius 2 is 1.94 bits per heavy atom. The number of nitrogens with zero attached hydrogens (tertiary/aromatic N) is 5. The number of fused-ring (bicyclic) bond motifs is 1. The van der Waals surface area contributed by atoms with E-state index >= 15 is 0 Å². The first-order valence-corrected chi connectivity index (χ1v) is 10.7. The number of aromatic amines is 1. The molecule has 1 aliphatic heterocycles. The molecule has 1 aliphatic rings. The lowest BCUT2D eigenvalue weighted by Gasteiger charge is -2.35. The quantitative estimate of drug-likeness (QED) is 0.496. The molecule has 7 nitrogen and oxygen atoms in total. The summed E-state index contributed by atoms with van der Waals surface area (Å²) in [6.45, 7) is 4.93. The van der Waals surface area contributed by atoms with E-state index in [4.69, 9.17) is 16.3 Å². The average Bonchev–Trinajstić information content (AvgIpc) is 3.26. The van der Waals surface area contributed by atoms with E-state index in [0.717, 1.165) is 55.3 Å². The molecule has 0 spiro atoms. The van der Waals surface area contributed by atoms with E-state index in [2.05, 4.69) is 41.9 Å². The number of H-pyrrole nitrogens is 1. The highest BCUT2D eigenvalue weighted by Crippen LogP contribution is 2.19. The van der Waals surface area contributed by atoms with Gasteiger partial charge >= 0.3 is 0 Å². The molecule has 3 aromatic heterocycles. The first kappa shape index (κ1) is 19.8. The third-order valence-electron chi connectivity index (χ3n) is 5.45. The monoisotopic (exact) mass is 434 g/mol. The lowest BCUT2D eigenvalue weighted by Crippen LogP contribution is -2.46. The van der Waals surface area contributed by atoms with Crippen molar-refractivity contribution in [3.63, 3.8) is 0 Å². The van der Waals surface area contributed by atoms with E-state index in [1.54, 1.807) is 12.4 Å². The summed E-state index contributed by atoms with van der Waals surface area (Å²) in [5.74, 6) is 1.36. The lowest BCUT2D eigenvalue weighted by atomic mass is 10.2. The van der Waals surface area contributed by atoms with Crippen LogP contribution in [0.2, 0.25) is 5.02 Å². The van der Waals surface area contributed by atoms with Crippen LogP contribution in [0.3, 0.4) is 0 Å². The van der Waals surface area contributed by atoms with Crippen molar-refractivity contribution < 1.29 is 4.74 Å². The van der Waals surface area contributed by atoms with Crippen LogP contribution in [-0.2, 0) is 13.2 Å². The van der Waals surface area contributed by atoms with Gasteiger partial charge in [0.15, 0.2) is 5.82 Å². The fourth-order valence-corrected chi connectivity index (χ4v) is 4.00. The molecule has 1 aromatic carbocycles. The summed E-state index contributed by atoms with van der Waals surface area (Å²) in [7, 11) is 0. The summed E-state index contributed by atoms with van der Waals surface area (Å²) in [5, 5.41) is 1.90. The van der Waals surface area contributed by atoms with E-state index in [0.29, 0.717) is 17.5 Å². The van der Waals surface area contributed by atoms with Gasteiger partial charge in [0, 0.05) is 49.3 Å². The Balaban J connectivity index is 1.17. The molecule has 0 saturated carbocycles. The Morgan fingerprint density at radius 1 is 1.03 bits per heavy atom. The summed E-state index contributed by atoms with van der Waals surface area (Å²) in [6, 6.07) is 11.9. The molecule has 1 N–H and O–H groups in total. The maximum absolute atomic E-state index is 6.04. The van der Waals surface area contributed by atoms with Gasteiger partial charge in [-0.3, -0.25) is 14.9 Å². The number of benzene rings is 1. The molecule has 1 fully saturated rings. The topological polar surface area (TPSA) is 70.2 Å². The van der Waals surface area contributed by atoms with Gasteiger partial charge in [-0.05, 0) is 29.8 Å². The highest BCUT2D eigenvalue weighted by molar-refractivity contribution is 6.30. The Hall–Kier alpha value is -3.16. The average molecular weight is 435 g/mol. The normalized spacial score (nSPS) is 14.8. The largest absolute Gasteiger partial charge is 0.472 e. The predicted octanol–water partition coefficient (Wildman–Crippen LogP) is 3.91. The second-order valence-corrected chi connectivity index (χ2v) is 8.07. The number of nitrogens with one attached hydrogen (secondary N) is 1. The Labute approximate surface area is 185 Å². The summed E-state index contributed by atoms with van der Waals surface area (Å²) in [6.07, 6.45) is 7.30. The molecular formula is C23H23ClN6O. The lowest BCUT2D eigenvalue weighted by molar-refractivity contribution is 0.246. The number of hydrogen-bond donors (Lipinski definition) is 1. The van der Waals surface area contributed by atoms with Crippen molar-refractivity contribution in [1.29, 1.82) is 0 Å². The van der Waals surface area contributed by atoms with Crippen LogP contribution < -0.4 is 9.64 Å². The summed E-state index contributed by atoms with van der Waals surface area (Å²) in [5.41, 5.74) is 3.17. The molecule has 5 rings (SSSR count). The van der Waals surface area contributed by atoms with Crippen LogP contribution in [0.25, 0.3) is 10.9 Å². The van der Waals surface area contributed by atoms with Gasteiger partial charge in [0.25, 0.3) is 0 Å². The van der Waals surface area contributed by atoms with Crippen LogP contribution in [0, 0.1) is 0 Å². The molecule has 0 bridgehead atoms. The molecule has 8 heteroatoms. The van der Waals surface area contributed by atoms with Gasteiger partial charge in [0.1, 0.15) is 6.61 Å². The van der Waals surface area contributed by atoms with Crippen molar-refractivity contribution in [1.82, 2.24) is 24.8 Å². The van der Waals surface area contributed by atoms with E-state index in [-0.39, 0.29) is 0 Å². The number of rotatable bonds is 6. The summed E-state index contributed by atoms with van der Waals surface area (Å²) >= 11 is 6.04. The molecular weight excluding hydrogens is 412 g/mol. The number of halogens is 1. The van der Waals surface area contributed by atoms with Gasteiger partial charge in [-0.25, -0.2) is 0 Å². The fourth-order valence-electron chi connectivity index (χ4n) is 3.79. The Bertz CT molecular complexity index is 1170. The number of pyridine rings is 1. The van der Waals surface area contributed by atoms with Crippen molar-refractivity contribution in [2.45, 2.75) is 13.2 Å². The van der Waals surface area contributed by atoms with Crippen molar-refractivity contribution in [2.75, 3.05) is 31.1 Å². The maximum Gasteiger partial charge on any atom is 0.234 e. The minimum atomic E-state index is 0.408. The van der Waals surface area contributed by atoms with Gasteiger partial charge in [0.2, 0.25) is 5.88 Å². The number of anilines is 1. The summed E-state index contributed by atoms with van der Waals surface area (Å²) in [4.78, 5) is 21.4. The molecule has 0 amide bonds. The van der Waals surface area contributed by atoms with E-state index in [1.807, 2.05) is 36.7 Å². The first-order valence-electron chi connectivity index (χ1n) is 10.3. The van der Waals surface area contributed by atoms with E-state index in [1.165, 1.54) is 5.39 Å². The molecule has 4 aromatic rings. The molecule has 0 unspecified atom stereocenters. The molecule has 0 aliphatic carbocycles. The van der Waals surface area contributed by atoms with E-state index in [9.17, 15) is 0 Å². The minimum Gasteiger partial charge on any atom is -0.472 e. The molecule has 1 saturated heterocycles. The molecule has 0 radical (unpaired) electrons. The van der Waals surface area contributed by atoms with Crippen LogP contribution >= 0.6 is 11.6 Å². The van der Waals surface area contributed by atoms with Crippen LogP contribution in [0.15, 0.2) is 61.2 Å². The third kappa shape index (κ3) is 4.78. The Morgan fingerprint density at radius 3 is 2.81 bits per heavy atom. The molecule has 4 heterocycles. The Kier molecular flexibility index (Phi) is 5.69. The zero-order valence-corrected chi connectivity index (χ0v) is 17.8. The van der Waals surface area contributed by atoms with Crippen LogP contribution in [0.5, 0.6) is 5.88 Å². The first-order chi connectivity index (χ1) is 15.2. The summed E-state index contributed by atoms with van der Waals surface area (Å²) < 4.78 is 5.83. The van der Waals surface area contributed by atoms with Crippen molar-refractivity contribution in [3.8, 4) is 5.88 Å². The highest BCUT2D eigenvalue weighted by atomic mass is 35.5. The number of ether oxygens (including phenoxy) is 1. The van der Waals surface area contributed by atoms with Crippen LogP contribution in [-0.4, -0.2) is 51.0 Å². The third-order valence-corrected chi connectivity index (χ3v) is 5.69. The second-order valence-electron chi connectivity index (χ2n) is 7.64. The number of hydrogen-bond acceptors (Lipinski definition) is 6. The van der Waals surface area contributed by atoms with Crippen LogP contribution in [0.4, 0.5) is 5.82 Å². The standard InChI is InChI=1S/C23H23ClN6O/c24-19-3-1-2-17(10-19)16-31-23-14-25-13-22(28-23)30-8-6-29(7-9-30)15-20-11-18-4-5-26-21(18)12-27-20/h1-5,10-14,26H,6-9,15-16H2. The second kappa shape index (κ2) is 8.91. The highest BCUT2D eigenvalue weighted by Gasteiger charge is 2.19. The minimum absolute atomic E-state index is 0.408. The van der Waals surface area contributed by atoms with Gasteiger partial charge < -0.3 is 14.6 Å². The maximum atomic E-state index is 6.04. The van der Waals surface area contributed by atoms with Gasteiger partial charge in [0.05, 0.1) is 29.8 Å². The van der Waals surface area contributed by atoms with Crippen molar-refractivity contribution in [2.24, 2.45) is 0 Å². The zero-order chi connectivity index (χ0) is 21.0. The van der Waals surface area contributed by atoms with Crippen molar-refractivity contribution in [3.05, 3.63) is 77.5 Å². The zero-order valence-electron chi connectivity index (χ0n) is 17.0.